The van der Waals surface area contributed by atoms with Gasteiger partial charge in [-0.1, -0.05) is 0 Å². The fourth-order valence-corrected chi connectivity index (χ4v) is 4.39. The molecule has 0 radical (unpaired) electrons. The molecule has 0 amide bonds. The Kier molecular flexibility index (Phi) is 5.05. The number of anilines is 1. The highest BCUT2D eigenvalue weighted by molar-refractivity contribution is 5.79. The molecule has 1 atom stereocenters. The number of benzene rings is 1. The molecule has 3 aliphatic heterocycles. The third kappa shape index (κ3) is 3.67. The summed E-state index contributed by atoms with van der Waals surface area (Å²) in [6.07, 6.45) is 3.48. The Hall–Kier alpha value is -1.79. The van der Waals surface area contributed by atoms with Crippen molar-refractivity contribution in [3.05, 3.63) is 24.3 Å². The van der Waals surface area contributed by atoms with E-state index in [0.29, 0.717) is 19.0 Å². The number of carbonyl (C=O) groups excluding carboxylic acids is 1. The van der Waals surface area contributed by atoms with E-state index in [-0.39, 0.29) is 17.5 Å². The fraction of sp³-hybridized carbons (Fsp3) is 0.650. The van der Waals surface area contributed by atoms with E-state index in [1.54, 1.807) is 12.1 Å². The molecule has 0 aromatic heterocycles. The Morgan fingerprint density at radius 1 is 1.08 bits per heavy atom. The van der Waals surface area contributed by atoms with E-state index in [1.807, 2.05) is 12.1 Å². The maximum Gasteiger partial charge on any atom is 0.312 e. The molecule has 3 heterocycles. The van der Waals surface area contributed by atoms with Crippen LogP contribution >= 0.6 is 0 Å². The Morgan fingerprint density at radius 3 is 2.46 bits per heavy atom. The van der Waals surface area contributed by atoms with Gasteiger partial charge in [0.2, 0.25) is 0 Å². The Balaban J connectivity index is 1.23. The molecule has 0 bridgehead atoms. The van der Waals surface area contributed by atoms with Gasteiger partial charge in [-0.2, -0.15) is 0 Å². The van der Waals surface area contributed by atoms with Crippen molar-refractivity contribution in [1.82, 2.24) is 4.90 Å². The van der Waals surface area contributed by atoms with Gasteiger partial charge in [0.1, 0.15) is 11.9 Å². The highest BCUT2D eigenvalue weighted by Gasteiger charge is 2.49. The molecule has 3 fully saturated rings. The summed E-state index contributed by atoms with van der Waals surface area (Å²) >= 11 is 0. The standard InChI is InChI=1S/C20H28N2O4/c23-17-3-1-16(2-4-17)22-11-9-21(10-12-22)8-5-18-15-20(19(24)26-18)6-13-25-14-7-20/h1-4,18,23H,5-15H2/t18-/m1/s1. The molecule has 0 aliphatic carbocycles. The van der Waals surface area contributed by atoms with Crippen LogP contribution in [0, 0.1) is 5.41 Å². The number of piperazine rings is 1. The van der Waals surface area contributed by atoms with Crippen LogP contribution in [0.25, 0.3) is 0 Å². The van der Waals surface area contributed by atoms with Gasteiger partial charge in [-0.25, -0.2) is 0 Å². The summed E-state index contributed by atoms with van der Waals surface area (Å²) in [5, 5.41) is 9.41. The third-order valence-corrected chi connectivity index (χ3v) is 6.13. The molecule has 6 heteroatoms. The smallest absolute Gasteiger partial charge is 0.312 e. The molecule has 1 N–H and O–H groups in total. The van der Waals surface area contributed by atoms with Crippen LogP contribution in [0.5, 0.6) is 5.75 Å². The minimum atomic E-state index is -0.263. The van der Waals surface area contributed by atoms with Crippen LogP contribution in [0.1, 0.15) is 25.7 Å². The number of nitrogens with zero attached hydrogens (tertiary/aromatic N) is 2. The zero-order valence-electron chi connectivity index (χ0n) is 15.2. The van der Waals surface area contributed by atoms with Crippen molar-refractivity contribution in [2.75, 3.05) is 50.8 Å². The number of rotatable bonds is 4. The summed E-state index contributed by atoms with van der Waals surface area (Å²) in [6, 6.07) is 7.41. The van der Waals surface area contributed by atoms with Crippen LogP contribution < -0.4 is 4.90 Å². The number of esters is 1. The van der Waals surface area contributed by atoms with Crippen LogP contribution in [0.15, 0.2) is 24.3 Å². The monoisotopic (exact) mass is 360 g/mol. The van der Waals surface area contributed by atoms with E-state index >= 15 is 0 Å². The lowest BCUT2D eigenvalue weighted by Crippen LogP contribution is -2.47. The first-order valence-corrected chi connectivity index (χ1v) is 9.70. The number of carbonyl (C=O) groups is 1. The maximum atomic E-state index is 12.3. The van der Waals surface area contributed by atoms with Crippen molar-refractivity contribution in [1.29, 1.82) is 0 Å². The fourth-order valence-electron chi connectivity index (χ4n) is 4.39. The molecule has 3 aliphatic rings. The predicted molar refractivity (Wildman–Crippen MR) is 98.4 cm³/mol. The van der Waals surface area contributed by atoms with Crippen LogP contribution in [-0.4, -0.2) is 68.0 Å². The van der Waals surface area contributed by atoms with Gasteiger partial charge >= 0.3 is 5.97 Å². The summed E-state index contributed by atoms with van der Waals surface area (Å²) in [5.41, 5.74) is 0.897. The van der Waals surface area contributed by atoms with E-state index in [9.17, 15) is 9.90 Å². The van der Waals surface area contributed by atoms with Crippen molar-refractivity contribution in [2.45, 2.75) is 31.8 Å². The van der Waals surface area contributed by atoms with Crippen LogP contribution in [0.4, 0.5) is 5.69 Å². The molecule has 26 heavy (non-hydrogen) atoms. The highest BCUT2D eigenvalue weighted by atomic mass is 16.6. The zero-order valence-corrected chi connectivity index (χ0v) is 15.2. The molecule has 0 saturated carbocycles. The van der Waals surface area contributed by atoms with Gasteiger partial charge in [0.05, 0.1) is 5.41 Å². The number of phenols is 1. The largest absolute Gasteiger partial charge is 0.508 e. The SMILES string of the molecule is O=C1O[C@H](CCN2CCN(c3ccc(O)cc3)CC2)CC12CCOCC2. The summed E-state index contributed by atoms with van der Waals surface area (Å²) < 4.78 is 11.1. The first kappa shape index (κ1) is 17.6. The van der Waals surface area contributed by atoms with Gasteiger partial charge in [0.15, 0.2) is 0 Å². The minimum Gasteiger partial charge on any atom is -0.508 e. The lowest BCUT2D eigenvalue weighted by Gasteiger charge is -2.36. The molecular weight excluding hydrogens is 332 g/mol. The Morgan fingerprint density at radius 2 is 1.77 bits per heavy atom. The van der Waals surface area contributed by atoms with E-state index in [1.165, 1.54) is 0 Å². The Labute approximate surface area is 154 Å². The van der Waals surface area contributed by atoms with Crippen LogP contribution in [0.3, 0.4) is 0 Å². The molecule has 1 spiro atoms. The number of hydrogen-bond donors (Lipinski definition) is 1. The second-order valence-electron chi connectivity index (χ2n) is 7.76. The normalized spacial score (nSPS) is 26.2. The van der Waals surface area contributed by atoms with Gasteiger partial charge in [0.25, 0.3) is 0 Å². The molecule has 1 aromatic carbocycles. The quantitative estimate of drug-likeness (QED) is 0.829. The first-order chi connectivity index (χ1) is 12.6. The number of aromatic hydroxyl groups is 1. The lowest BCUT2D eigenvalue weighted by atomic mass is 9.77. The van der Waals surface area contributed by atoms with Gasteiger partial charge in [-0.05, 0) is 43.5 Å². The highest BCUT2D eigenvalue weighted by Crippen LogP contribution is 2.43. The van der Waals surface area contributed by atoms with Crippen molar-refractivity contribution in [3.63, 3.8) is 0 Å². The summed E-state index contributed by atoms with van der Waals surface area (Å²) in [6.45, 7) is 6.34. The molecule has 3 saturated heterocycles. The number of hydrogen-bond acceptors (Lipinski definition) is 6. The third-order valence-electron chi connectivity index (χ3n) is 6.13. The van der Waals surface area contributed by atoms with E-state index in [0.717, 1.165) is 64.1 Å². The van der Waals surface area contributed by atoms with Crippen molar-refractivity contribution < 1.29 is 19.4 Å². The van der Waals surface area contributed by atoms with E-state index in [4.69, 9.17) is 9.47 Å². The molecule has 1 aromatic rings. The summed E-state index contributed by atoms with van der Waals surface area (Å²) in [5.74, 6) is 0.309. The summed E-state index contributed by atoms with van der Waals surface area (Å²) in [7, 11) is 0. The molecule has 142 valence electrons. The summed E-state index contributed by atoms with van der Waals surface area (Å²) in [4.78, 5) is 17.1. The number of cyclic esters (lactones) is 1. The average Bonchev–Trinajstić information content (AvgIpc) is 2.97. The lowest BCUT2D eigenvalue weighted by molar-refractivity contribution is -0.152. The van der Waals surface area contributed by atoms with Gasteiger partial charge < -0.3 is 19.5 Å². The second kappa shape index (κ2) is 7.45. The van der Waals surface area contributed by atoms with E-state index < -0.39 is 0 Å². The van der Waals surface area contributed by atoms with Crippen LogP contribution in [0.2, 0.25) is 0 Å². The molecule has 6 nitrogen and oxygen atoms in total. The first-order valence-electron chi connectivity index (χ1n) is 9.70. The van der Waals surface area contributed by atoms with Crippen molar-refractivity contribution in [2.24, 2.45) is 5.41 Å². The predicted octanol–water partition coefficient (Wildman–Crippen LogP) is 2.02. The number of ether oxygens (including phenoxy) is 2. The second-order valence-corrected chi connectivity index (χ2v) is 7.76. The van der Waals surface area contributed by atoms with Gasteiger partial charge in [-0.15, -0.1) is 0 Å². The molecule has 0 unspecified atom stereocenters. The molecule has 4 rings (SSSR count). The maximum absolute atomic E-state index is 12.3. The van der Waals surface area contributed by atoms with Crippen molar-refractivity contribution in [3.8, 4) is 5.75 Å². The average molecular weight is 360 g/mol. The van der Waals surface area contributed by atoms with Gasteiger partial charge in [0, 0.05) is 58.0 Å². The molecular formula is C20H28N2O4. The van der Waals surface area contributed by atoms with Crippen LogP contribution in [-0.2, 0) is 14.3 Å². The minimum absolute atomic E-state index is 0.00273. The number of phenolic OH excluding ortho intramolecular Hbond substituents is 1. The topological polar surface area (TPSA) is 62.2 Å². The van der Waals surface area contributed by atoms with E-state index in [2.05, 4.69) is 9.80 Å². The Bertz CT molecular complexity index is 619. The zero-order chi connectivity index (χ0) is 18.0. The van der Waals surface area contributed by atoms with Gasteiger partial charge in [-0.3, -0.25) is 9.69 Å². The van der Waals surface area contributed by atoms with Crippen molar-refractivity contribution >= 4 is 11.7 Å².